The fraction of sp³-hybridized carbons (Fsp3) is 0.750. The molecule has 0 heterocycles. The molecule has 62 valence electrons. The monoisotopic (exact) mass is 152 g/mol. The molecule has 0 aromatic rings. The lowest BCUT2D eigenvalue weighted by Gasteiger charge is -1.99. The molecule has 0 radical (unpaired) electrons. The van der Waals surface area contributed by atoms with Gasteiger partial charge in [-0.05, 0) is 0 Å². The summed E-state index contributed by atoms with van der Waals surface area (Å²) in [5.41, 5.74) is 8.50. The van der Waals surface area contributed by atoms with E-state index in [9.17, 15) is 0 Å². The summed E-state index contributed by atoms with van der Waals surface area (Å²) in [6.45, 7) is -0.337. The van der Waals surface area contributed by atoms with Crippen LogP contribution < -0.4 is 11.5 Å². The first-order valence-corrected chi connectivity index (χ1v) is 2.41. The Balaban J connectivity index is 0. The SMILES string of the molecule is COC(O)CO.NC(N)=O. The van der Waals surface area contributed by atoms with Gasteiger partial charge in [0.1, 0.15) is 0 Å². The molecular formula is C4H12N2O4. The Morgan fingerprint density at radius 1 is 1.70 bits per heavy atom. The molecule has 0 rings (SSSR count). The molecule has 0 fully saturated rings. The second-order valence-electron chi connectivity index (χ2n) is 1.28. The van der Waals surface area contributed by atoms with Crippen LogP contribution in [-0.2, 0) is 4.74 Å². The minimum Gasteiger partial charge on any atom is -0.391 e. The second-order valence-corrected chi connectivity index (χ2v) is 1.28. The number of ether oxygens (including phenoxy) is 1. The predicted octanol–water partition coefficient (Wildman–Crippen LogP) is -2.03. The minimum atomic E-state index is -1.01. The lowest BCUT2D eigenvalue weighted by atomic mass is 10.7. The average Bonchev–Trinajstić information content (AvgIpc) is 1.85. The molecule has 2 amide bonds. The van der Waals surface area contributed by atoms with Gasteiger partial charge in [-0.2, -0.15) is 0 Å². The van der Waals surface area contributed by atoms with Crippen molar-refractivity contribution in [2.45, 2.75) is 6.29 Å². The zero-order chi connectivity index (χ0) is 8.57. The van der Waals surface area contributed by atoms with Crippen molar-refractivity contribution in [2.24, 2.45) is 11.5 Å². The molecule has 0 bridgehead atoms. The molecule has 0 aliphatic heterocycles. The zero-order valence-corrected chi connectivity index (χ0v) is 5.65. The third kappa shape index (κ3) is 27.3. The summed E-state index contributed by atoms with van der Waals surface area (Å²) in [4.78, 5) is 9.00. The van der Waals surface area contributed by atoms with E-state index in [1.54, 1.807) is 0 Å². The number of rotatable bonds is 2. The molecule has 1 unspecified atom stereocenters. The highest BCUT2D eigenvalue weighted by molar-refractivity contribution is 5.69. The number of nitrogens with two attached hydrogens (primary N) is 2. The number of hydrogen-bond donors (Lipinski definition) is 4. The lowest BCUT2D eigenvalue weighted by Crippen LogP contribution is -2.18. The van der Waals surface area contributed by atoms with Crippen molar-refractivity contribution in [1.82, 2.24) is 0 Å². The summed E-state index contributed by atoms with van der Waals surface area (Å²) < 4.78 is 4.20. The van der Waals surface area contributed by atoms with Gasteiger partial charge in [-0.3, -0.25) is 0 Å². The van der Waals surface area contributed by atoms with Crippen molar-refractivity contribution >= 4 is 6.03 Å². The van der Waals surface area contributed by atoms with Crippen LogP contribution in [-0.4, -0.2) is 36.3 Å². The van der Waals surface area contributed by atoms with Gasteiger partial charge >= 0.3 is 6.03 Å². The van der Waals surface area contributed by atoms with E-state index >= 15 is 0 Å². The number of carbonyl (C=O) groups excluding carboxylic acids is 1. The normalized spacial score (nSPS) is 11.1. The molecule has 0 spiro atoms. The fourth-order valence-corrected chi connectivity index (χ4v) is 0.0745. The van der Waals surface area contributed by atoms with Crippen molar-refractivity contribution < 1.29 is 19.7 Å². The summed E-state index contributed by atoms with van der Waals surface area (Å²) in [5, 5.41) is 16.2. The van der Waals surface area contributed by atoms with Crippen molar-refractivity contribution in [1.29, 1.82) is 0 Å². The Bertz CT molecular complexity index is 79.3. The van der Waals surface area contributed by atoms with Gasteiger partial charge in [0.05, 0.1) is 6.61 Å². The first-order chi connectivity index (χ1) is 4.54. The molecule has 0 saturated heterocycles. The summed E-state index contributed by atoms with van der Waals surface area (Å²) in [7, 11) is 1.32. The maximum Gasteiger partial charge on any atom is 0.309 e. The number of hydrogen-bond acceptors (Lipinski definition) is 4. The van der Waals surface area contributed by atoms with Gasteiger partial charge in [0.15, 0.2) is 6.29 Å². The maximum atomic E-state index is 9.00. The molecule has 0 aromatic carbocycles. The average molecular weight is 152 g/mol. The van der Waals surface area contributed by atoms with Gasteiger partial charge in [-0.1, -0.05) is 0 Å². The molecule has 0 aliphatic rings. The number of aliphatic hydroxyl groups is 2. The molecule has 0 saturated carbocycles. The van der Waals surface area contributed by atoms with Crippen LogP contribution in [0.15, 0.2) is 0 Å². The number of carbonyl (C=O) groups is 1. The Morgan fingerprint density at radius 2 is 2.00 bits per heavy atom. The lowest BCUT2D eigenvalue weighted by molar-refractivity contribution is -0.102. The van der Waals surface area contributed by atoms with E-state index < -0.39 is 12.3 Å². The van der Waals surface area contributed by atoms with Crippen molar-refractivity contribution in [3.05, 3.63) is 0 Å². The number of aliphatic hydroxyl groups excluding tert-OH is 2. The van der Waals surface area contributed by atoms with Crippen LogP contribution in [0.5, 0.6) is 0 Å². The molecule has 10 heavy (non-hydrogen) atoms. The van der Waals surface area contributed by atoms with Gasteiger partial charge in [0, 0.05) is 7.11 Å². The largest absolute Gasteiger partial charge is 0.391 e. The van der Waals surface area contributed by atoms with Crippen LogP contribution in [0.3, 0.4) is 0 Å². The quantitative estimate of drug-likeness (QED) is 0.341. The first kappa shape index (κ1) is 11.9. The van der Waals surface area contributed by atoms with Crippen LogP contribution in [0.4, 0.5) is 4.79 Å². The molecule has 1 atom stereocenters. The van der Waals surface area contributed by atoms with Crippen LogP contribution in [0.2, 0.25) is 0 Å². The number of primary amides is 2. The molecular weight excluding hydrogens is 140 g/mol. The van der Waals surface area contributed by atoms with Crippen molar-refractivity contribution in [3.8, 4) is 0 Å². The minimum absolute atomic E-state index is 0.337. The van der Waals surface area contributed by atoms with Crippen LogP contribution in [0.25, 0.3) is 0 Å². The van der Waals surface area contributed by atoms with Crippen LogP contribution >= 0.6 is 0 Å². The van der Waals surface area contributed by atoms with E-state index in [-0.39, 0.29) is 6.61 Å². The zero-order valence-electron chi connectivity index (χ0n) is 5.65. The van der Waals surface area contributed by atoms with Crippen LogP contribution in [0.1, 0.15) is 0 Å². The number of methoxy groups -OCH3 is 1. The smallest absolute Gasteiger partial charge is 0.309 e. The second kappa shape index (κ2) is 8.15. The van der Waals surface area contributed by atoms with Crippen LogP contribution in [0, 0.1) is 0 Å². The van der Waals surface area contributed by atoms with E-state index in [0.717, 1.165) is 0 Å². The van der Waals surface area contributed by atoms with Gasteiger partial charge in [-0.15, -0.1) is 0 Å². The summed E-state index contributed by atoms with van der Waals surface area (Å²) in [6.07, 6.45) is -1.01. The van der Waals surface area contributed by atoms with E-state index in [1.165, 1.54) is 7.11 Å². The van der Waals surface area contributed by atoms with E-state index in [4.69, 9.17) is 15.0 Å². The highest BCUT2D eigenvalue weighted by atomic mass is 16.6. The molecule has 0 aromatic heterocycles. The number of urea groups is 1. The molecule has 6 heteroatoms. The highest BCUT2D eigenvalue weighted by Crippen LogP contribution is 1.75. The Morgan fingerprint density at radius 3 is 2.00 bits per heavy atom. The maximum absolute atomic E-state index is 9.00. The fourth-order valence-electron chi connectivity index (χ4n) is 0.0745. The van der Waals surface area contributed by atoms with Gasteiger partial charge in [-0.25, -0.2) is 4.79 Å². The topological polar surface area (TPSA) is 119 Å². The van der Waals surface area contributed by atoms with Gasteiger partial charge in [0.2, 0.25) is 0 Å². The molecule has 0 aliphatic carbocycles. The van der Waals surface area contributed by atoms with Crippen molar-refractivity contribution in [2.75, 3.05) is 13.7 Å². The van der Waals surface area contributed by atoms with Gasteiger partial charge < -0.3 is 26.4 Å². The van der Waals surface area contributed by atoms with Crippen molar-refractivity contribution in [3.63, 3.8) is 0 Å². The van der Waals surface area contributed by atoms with E-state index in [0.29, 0.717) is 0 Å². The Hall–Kier alpha value is -0.850. The molecule has 6 N–H and O–H groups in total. The number of amides is 2. The van der Waals surface area contributed by atoms with Gasteiger partial charge in [0.25, 0.3) is 0 Å². The van der Waals surface area contributed by atoms with E-state index in [2.05, 4.69) is 16.2 Å². The predicted molar refractivity (Wildman–Crippen MR) is 33.9 cm³/mol. The Labute approximate surface area is 58.4 Å². The third-order valence-electron chi connectivity index (χ3n) is 0.428. The first-order valence-electron chi connectivity index (χ1n) is 2.41. The summed E-state index contributed by atoms with van der Waals surface area (Å²) in [6, 6.07) is -0.833. The third-order valence-corrected chi connectivity index (χ3v) is 0.428. The molecule has 6 nitrogen and oxygen atoms in total. The van der Waals surface area contributed by atoms with E-state index in [1.807, 2.05) is 0 Å². The highest BCUT2D eigenvalue weighted by Gasteiger charge is 1.92. The standard InChI is InChI=1S/C3H8O3.CH4N2O/c1-6-3(5)2-4;2-1(3)4/h3-5H,2H2,1H3;(H4,2,3,4). The summed E-state index contributed by atoms with van der Waals surface area (Å²) in [5.74, 6) is 0. The summed E-state index contributed by atoms with van der Waals surface area (Å²) >= 11 is 0. The Kier molecular flexibility index (Phi) is 9.69.